The van der Waals surface area contributed by atoms with E-state index in [1.165, 1.54) is 0 Å². The third-order valence-corrected chi connectivity index (χ3v) is 5.21. The number of nitrogens with one attached hydrogen (secondary N) is 1. The van der Waals surface area contributed by atoms with Gasteiger partial charge < -0.3 is 19.9 Å². The molecule has 1 N–H and O–H groups in total. The first-order chi connectivity index (χ1) is 13.2. The summed E-state index contributed by atoms with van der Waals surface area (Å²) in [6, 6.07) is 9.67. The zero-order valence-corrected chi connectivity index (χ0v) is 18.6. The molecule has 0 unspecified atom stereocenters. The molecule has 2 aliphatic rings. The summed E-state index contributed by atoms with van der Waals surface area (Å²) in [6.07, 6.45) is 1.71. The van der Waals surface area contributed by atoms with E-state index in [1.54, 1.807) is 7.05 Å². The Bertz CT molecular complexity index is 702. The van der Waals surface area contributed by atoms with Gasteiger partial charge in [0.15, 0.2) is 5.96 Å². The van der Waals surface area contributed by atoms with Crippen molar-refractivity contribution in [1.29, 1.82) is 5.26 Å². The molecule has 2 saturated heterocycles. The standard InChI is InChI=1S/C20H27N5O2.HI/c1-22-20(23-15-17-4-2-16(14-21)3-5-17)25-8-6-18(7-9-25)19(26)24-10-12-27-13-11-24;/h2-5,18H,6-13,15H2,1H3,(H,22,23);1H. The fourth-order valence-electron chi connectivity index (χ4n) is 3.59. The summed E-state index contributed by atoms with van der Waals surface area (Å²) in [5, 5.41) is 12.3. The molecule has 1 amide bonds. The number of likely N-dealkylation sites (tertiary alicyclic amines) is 1. The maximum Gasteiger partial charge on any atom is 0.225 e. The van der Waals surface area contributed by atoms with E-state index in [4.69, 9.17) is 10.00 Å². The largest absolute Gasteiger partial charge is 0.378 e. The molecule has 3 rings (SSSR count). The van der Waals surface area contributed by atoms with Gasteiger partial charge in [-0.2, -0.15) is 5.26 Å². The molecule has 0 atom stereocenters. The minimum absolute atomic E-state index is 0. The van der Waals surface area contributed by atoms with Crippen LogP contribution in [0.4, 0.5) is 0 Å². The summed E-state index contributed by atoms with van der Waals surface area (Å²) in [6.45, 7) is 5.04. The van der Waals surface area contributed by atoms with E-state index >= 15 is 0 Å². The fraction of sp³-hybridized carbons (Fsp3) is 0.550. The lowest BCUT2D eigenvalue weighted by atomic mass is 9.95. The Morgan fingerprint density at radius 3 is 2.39 bits per heavy atom. The van der Waals surface area contributed by atoms with Gasteiger partial charge in [0.1, 0.15) is 0 Å². The number of carbonyl (C=O) groups is 1. The van der Waals surface area contributed by atoms with Crippen LogP contribution in [0.5, 0.6) is 0 Å². The number of ether oxygens (including phenoxy) is 1. The highest BCUT2D eigenvalue weighted by Crippen LogP contribution is 2.20. The first-order valence-corrected chi connectivity index (χ1v) is 9.52. The van der Waals surface area contributed by atoms with Gasteiger partial charge in [-0.15, -0.1) is 24.0 Å². The number of nitrogens with zero attached hydrogens (tertiary/aromatic N) is 4. The van der Waals surface area contributed by atoms with Crippen molar-refractivity contribution in [3.05, 3.63) is 35.4 Å². The smallest absolute Gasteiger partial charge is 0.225 e. The van der Waals surface area contributed by atoms with Crippen molar-refractivity contribution < 1.29 is 9.53 Å². The quantitative estimate of drug-likeness (QED) is 0.392. The number of halogens is 1. The van der Waals surface area contributed by atoms with Gasteiger partial charge in [0.05, 0.1) is 24.8 Å². The lowest BCUT2D eigenvalue weighted by Gasteiger charge is -2.36. The molecular weight excluding hydrogens is 469 g/mol. The summed E-state index contributed by atoms with van der Waals surface area (Å²) < 4.78 is 5.33. The van der Waals surface area contributed by atoms with E-state index in [0.717, 1.165) is 37.5 Å². The van der Waals surface area contributed by atoms with E-state index in [-0.39, 0.29) is 35.8 Å². The summed E-state index contributed by atoms with van der Waals surface area (Å²) in [4.78, 5) is 21.2. The van der Waals surface area contributed by atoms with Crippen LogP contribution in [0.3, 0.4) is 0 Å². The average Bonchev–Trinajstić information content (AvgIpc) is 2.75. The zero-order chi connectivity index (χ0) is 19.1. The maximum atomic E-state index is 12.6. The van der Waals surface area contributed by atoms with E-state index in [2.05, 4.69) is 21.3 Å². The number of hydrogen-bond donors (Lipinski definition) is 1. The molecule has 1 aromatic carbocycles. The fourth-order valence-corrected chi connectivity index (χ4v) is 3.59. The SMILES string of the molecule is CN=C(NCc1ccc(C#N)cc1)N1CCC(C(=O)N2CCOCC2)CC1.I. The van der Waals surface area contributed by atoms with Gasteiger partial charge in [0.25, 0.3) is 0 Å². The van der Waals surface area contributed by atoms with Crippen LogP contribution in [-0.2, 0) is 16.1 Å². The molecule has 2 fully saturated rings. The Labute approximate surface area is 183 Å². The zero-order valence-electron chi connectivity index (χ0n) is 16.3. The number of hydrogen-bond acceptors (Lipinski definition) is 4. The second kappa shape index (κ2) is 11.2. The second-order valence-electron chi connectivity index (χ2n) is 6.91. The van der Waals surface area contributed by atoms with Crippen molar-refractivity contribution in [2.45, 2.75) is 19.4 Å². The number of guanidine groups is 1. The molecule has 8 heteroatoms. The second-order valence-corrected chi connectivity index (χ2v) is 6.91. The lowest BCUT2D eigenvalue weighted by molar-refractivity contribution is -0.140. The predicted octanol–water partition coefficient (Wildman–Crippen LogP) is 1.82. The molecule has 0 aliphatic carbocycles. The Morgan fingerprint density at radius 1 is 1.18 bits per heavy atom. The number of piperidine rings is 1. The molecule has 0 spiro atoms. The summed E-state index contributed by atoms with van der Waals surface area (Å²) in [5.41, 5.74) is 1.77. The van der Waals surface area contributed by atoms with Crippen LogP contribution in [0.25, 0.3) is 0 Å². The van der Waals surface area contributed by atoms with Gasteiger partial charge in [0.2, 0.25) is 5.91 Å². The van der Waals surface area contributed by atoms with E-state index in [1.807, 2.05) is 29.2 Å². The van der Waals surface area contributed by atoms with Crippen molar-refractivity contribution in [1.82, 2.24) is 15.1 Å². The van der Waals surface area contributed by atoms with Gasteiger partial charge in [-0.25, -0.2) is 0 Å². The highest BCUT2D eigenvalue weighted by atomic mass is 127. The molecule has 1 aromatic rings. The highest BCUT2D eigenvalue weighted by Gasteiger charge is 2.30. The van der Waals surface area contributed by atoms with Gasteiger partial charge in [-0.3, -0.25) is 9.79 Å². The predicted molar refractivity (Wildman–Crippen MR) is 118 cm³/mol. The van der Waals surface area contributed by atoms with Crippen LogP contribution in [0.1, 0.15) is 24.0 Å². The molecule has 28 heavy (non-hydrogen) atoms. The van der Waals surface area contributed by atoms with E-state index < -0.39 is 0 Å². The Morgan fingerprint density at radius 2 is 1.82 bits per heavy atom. The van der Waals surface area contributed by atoms with Gasteiger partial charge in [-0.05, 0) is 30.5 Å². The molecular formula is C20H28IN5O2. The number of rotatable bonds is 3. The highest BCUT2D eigenvalue weighted by molar-refractivity contribution is 14.0. The van der Waals surface area contributed by atoms with Crippen molar-refractivity contribution >= 4 is 35.8 Å². The van der Waals surface area contributed by atoms with Crippen molar-refractivity contribution in [3.63, 3.8) is 0 Å². The normalized spacial score (nSPS) is 18.2. The molecule has 0 radical (unpaired) electrons. The number of nitriles is 1. The van der Waals surface area contributed by atoms with Gasteiger partial charge >= 0.3 is 0 Å². The van der Waals surface area contributed by atoms with Crippen LogP contribution in [0.2, 0.25) is 0 Å². The third-order valence-electron chi connectivity index (χ3n) is 5.21. The van der Waals surface area contributed by atoms with Crippen molar-refractivity contribution in [2.75, 3.05) is 46.4 Å². The van der Waals surface area contributed by atoms with Crippen LogP contribution < -0.4 is 5.32 Å². The van der Waals surface area contributed by atoms with Crippen molar-refractivity contribution in [2.24, 2.45) is 10.9 Å². The number of morpholine rings is 1. The van der Waals surface area contributed by atoms with E-state index in [0.29, 0.717) is 38.4 Å². The first-order valence-electron chi connectivity index (χ1n) is 9.52. The monoisotopic (exact) mass is 497 g/mol. The topological polar surface area (TPSA) is 81.0 Å². The minimum atomic E-state index is 0. The molecule has 2 heterocycles. The van der Waals surface area contributed by atoms with E-state index in [9.17, 15) is 4.79 Å². The molecule has 0 bridgehead atoms. The molecule has 2 aliphatic heterocycles. The van der Waals surface area contributed by atoms with Crippen LogP contribution >= 0.6 is 24.0 Å². The first kappa shape index (κ1) is 22.4. The maximum absolute atomic E-state index is 12.6. The van der Waals surface area contributed by atoms with Crippen LogP contribution in [0, 0.1) is 17.2 Å². The van der Waals surface area contributed by atoms with Gasteiger partial charge in [-0.1, -0.05) is 12.1 Å². The molecule has 0 aromatic heterocycles. The molecule has 152 valence electrons. The van der Waals surface area contributed by atoms with Crippen molar-refractivity contribution in [3.8, 4) is 6.07 Å². The number of benzene rings is 1. The third kappa shape index (κ3) is 5.82. The average molecular weight is 497 g/mol. The summed E-state index contributed by atoms with van der Waals surface area (Å²) in [7, 11) is 1.78. The summed E-state index contributed by atoms with van der Waals surface area (Å²) in [5.74, 6) is 1.24. The number of amides is 1. The molecule has 0 saturated carbocycles. The molecule has 7 nitrogen and oxygen atoms in total. The van der Waals surface area contributed by atoms with Crippen LogP contribution in [-0.4, -0.2) is 68.1 Å². The van der Waals surface area contributed by atoms with Crippen LogP contribution in [0.15, 0.2) is 29.3 Å². The van der Waals surface area contributed by atoms with Gasteiger partial charge in [0, 0.05) is 45.7 Å². The Hall–Kier alpha value is -1.86. The Balaban J connectivity index is 0.00000280. The summed E-state index contributed by atoms with van der Waals surface area (Å²) >= 11 is 0. The lowest BCUT2D eigenvalue weighted by Crippen LogP contribution is -2.49. The Kier molecular flexibility index (Phi) is 8.99. The minimum Gasteiger partial charge on any atom is -0.378 e. The number of carbonyl (C=O) groups excluding carboxylic acids is 1. The number of aliphatic imine (C=N–C) groups is 1.